The second kappa shape index (κ2) is 7.80. The van der Waals surface area contributed by atoms with Crippen molar-refractivity contribution in [3.05, 3.63) is 75.5 Å². The Morgan fingerprint density at radius 2 is 1.64 bits per heavy atom. The van der Waals surface area contributed by atoms with Crippen molar-refractivity contribution >= 4 is 29.0 Å². The number of carbonyl (C=O) groups excluding carboxylic acids is 1. The molecule has 1 N–H and O–H groups in total. The monoisotopic (exact) mass is 390 g/mol. The molecule has 0 saturated carbocycles. The first-order valence-corrected chi connectivity index (χ1v) is 7.62. The molecular formula is C17H11Cl2F3O3. The van der Waals surface area contributed by atoms with Crippen LogP contribution in [0.25, 0.3) is 0 Å². The van der Waals surface area contributed by atoms with Crippen LogP contribution in [-0.4, -0.2) is 17.1 Å². The first-order valence-electron chi connectivity index (χ1n) is 6.86. The molecule has 0 radical (unpaired) electrons. The lowest BCUT2D eigenvalue weighted by atomic mass is 10.1. The van der Waals surface area contributed by atoms with Crippen LogP contribution < -0.4 is 4.74 Å². The van der Waals surface area contributed by atoms with Crippen molar-refractivity contribution in [3.8, 4) is 5.75 Å². The highest BCUT2D eigenvalue weighted by atomic mass is 35.5. The molecule has 0 aliphatic rings. The van der Waals surface area contributed by atoms with Crippen molar-refractivity contribution in [1.82, 2.24) is 0 Å². The lowest BCUT2D eigenvalue weighted by molar-refractivity contribution is -0.120. The van der Waals surface area contributed by atoms with Crippen LogP contribution in [0, 0.1) is 0 Å². The quantitative estimate of drug-likeness (QED) is 0.401. The predicted molar refractivity (Wildman–Crippen MR) is 88.3 cm³/mol. The molecule has 0 aliphatic carbocycles. The molecule has 132 valence electrons. The molecule has 0 atom stereocenters. The largest absolute Gasteiger partial charge is 0.504 e. The zero-order valence-electron chi connectivity index (χ0n) is 12.5. The number of ether oxygens (including phenoxy) is 1. The first kappa shape index (κ1) is 19.1. The molecule has 0 saturated heterocycles. The maximum Gasteiger partial charge on any atom is 0.448 e. The maximum atomic E-state index is 12.2. The first-order chi connectivity index (χ1) is 11.7. The van der Waals surface area contributed by atoms with E-state index in [2.05, 4.69) is 0 Å². The Kier molecular flexibility index (Phi) is 5.98. The molecule has 25 heavy (non-hydrogen) atoms. The van der Waals surface area contributed by atoms with Gasteiger partial charge in [0.1, 0.15) is 12.4 Å². The molecule has 3 nitrogen and oxygen atoms in total. The van der Waals surface area contributed by atoms with Crippen molar-refractivity contribution in [3.63, 3.8) is 0 Å². The van der Waals surface area contributed by atoms with Crippen molar-refractivity contribution in [2.75, 3.05) is 0 Å². The summed E-state index contributed by atoms with van der Waals surface area (Å²) in [7, 11) is 0. The Morgan fingerprint density at radius 3 is 2.16 bits per heavy atom. The molecule has 2 aromatic rings. The number of hydrogen-bond donors (Lipinski definition) is 1. The van der Waals surface area contributed by atoms with Crippen molar-refractivity contribution in [1.29, 1.82) is 0 Å². The number of aliphatic hydroxyl groups is 1. The average molecular weight is 391 g/mol. The minimum atomic E-state index is -4.97. The van der Waals surface area contributed by atoms with Crippen LogP contribution in [0.3, 0.4) is 0 Å². The summed E-state index contributed by atoms with van der Waals surface area (Å²) >= 11 is 12.0. The zero-order valence-corrected chi connectivity index (χ0v) is 14.0. The molecule has 0 heterocycles. The van der Waals surface area contributed by atoms with Crippen LogP contribution in [0.2, 0.25) is 10.0 Å². The van der Waals surface area contributed by atoms with Crippen molar-refractivity contribution < 1.29 is 27.8 Å². The van der Waals surface area contributed by atoms with Crippen molar-refractivity contribution in [2.24, 2.45) is 0 Å². The lowest BCUT2D eigenvalue weighted by Gasteiger charge is -2.10. The molecule has 2 rings (SSSR count). The summed E-state index contributed by atoms with van der Waals surface area (Å²) in [5.41, 5.74) is 0.558. The van der Waals surface area contributed by atoms with E-state index in [9.17, 15) is 18.0 Å². The van der Waals surface area contributed by atoms with Gasteiger partial charge in [-0.2, -0.15) is 13.2 Å². The number of rotatable bonds is 5. The lowest BCUT2D eigenvalue weighted by Crippen LogP contribution is -2.13. The fraction of sp³-hybridized carbons (Fsp3) is 0.118. The Balaban J connectivity index is 2.06. The minimum absolute atomic E-state index is 0.0288. The van der Waals surface area contributed by atoms with E-state index in [1.807, 2.05) is 0 Å². The summed E-state index contributed by atoms with van der Waals surface area (Å²) in [6.07, 6.45) is -4.84. The summed E-state index contributed by atoms with van der Waals surface area (Å²) < 4.78 is 42.1. The molecular weight excluding hydrogens is 380 g/mol. The van der Waals surface area contributed by atoms with E-state index in [1.54, 1.807) is 18.2 Å². The van der Waals surface area contributed by atoms with Crippen LogP contribution >= 0.6 is 23.2 Å². The Hall–Kier alpha value is -2.18. The summed E-state index contributed by atoms with van der Waals surface area (Å²) in [6, 6.07) is 10.4. The Bertz CT molecular complexity index is 780. The molecule has 2 aromatic carbocycles. The molecule has 0 aliphatic heterocycles. The van der Waals surface area contributed by atoms with Gasteiger partial charge in [-0.05, 0) is 36.4 Å². The third-order valence-corrected chi connectivity index (χ3v) is 3.85. The molecule has 0 spiro atoms. The SMILES string of the molecule is O=C(C=C(O)C(F)(F)F)c1ccc(OCc2c(Cl)cccc2Cl)cc1. The summed E-state index contributed by atoms with van der Waals surface area (Å²) in [5.74, 6) is -2.56. The van der Waals surface area contributed by atoms with E-state index in [4.69, 9.17) is 33.0 Å². The highest BCUT2D eigenvalue weighted by Gasteiger charge is 2.34. The molecule has 8 heteroatoms. The predicted octanol–water partition coefficient (Wildman–Crippen LogP) is 5.76. The van der Waals surface area contributed by atoms with Gasteiger partial charge < -0.3 is 9.84 Å². The number of allylic oxidation sites excluding steroid dienone is 2. The maximum absolute atomic E-state index is 12.2. The fourth-order valence-electron chi connectivity index (χ4n) is 1.83. The number of carbonyl (C=O) groups is 1. The van der Waals surface area contributed by atoms with Gasteiger partial charge in [0.15, 0.2) is 5.78 Å². The summed E-state index contributed by atoms with van der Waals surface area (Å²) in [5, 5.41) is 9.67. The molecule has 0 bridgehead atoms. The zero-order chi connectivity index (χ0) is 18.6. The van der Waals surface area contributed by atoms with Crippen LogP contribution in [0.1, 0.15) is 15.9 Å². The van der Waals surface area contributed by atoms with Crippen LogP contribution in [0.4, 0.5) is 13.2 Å². The van der Waals surface area contributed by atoms with E-state index < -0.39 is 17.7 Å². The topological polar surface area (TPSA) is 46.5 Å². The van der Waals surface area contributed by atoms with Crippen LogP contribution in [0.15, 0.2) is 54.3 Å². The van der Waals surface area contributed by atoms with Gasteiger partial charge in [0.05, 0.1) is 0 Å². The molecule has 0 fully saturated rings. The Labute approximate surface area is 151 Å². The minimum Gasteiger partial charge on any atom is -0.504 e. The third kappa shape index (κ3) is 5.14. The van der Waals surface area contributed by atoms with E-state index in [-0.39, 0.29) is 18.2 Å². The van der Waals surface area contributed by atoms with Gasteiger partial charge in [-0.1, -0.05) is 29.3 Å². The van der Waals surface area contributed by atoms with Gasteiger partial charge >= 0.3 is 6.18 Å². The smallest absolute Gasteiger partial charge is 0.448 e. The Morgan fingerprint density at radius 1 is 1.08 bits per heavy atom. The van der Waals surface area contributed by atoms with Crippen molar-refractivity contribution in [2.45, 2.75) is 12.8 Å². The second-order valence-electron chi connectivity index (χ2n) is 4.90. The second-order valence-corrected chi connectivity index (χ2v) is 5.72. The van der Waals surface area contributed by atoms with Crippen LogP contribution in [-0.2, 0) is 6.61 Å². The fourth-order valence-corrected chi connectivity index (χ4v) is 2.34. The van der Waals surface area contributed by atoms with Gasteiger partial charge in [-0.15, -0.1) is 0 Å². The number of alkyl halides is 3. The third-order valence-electron chi connectivity index (χ3n) is 3.14. The highest BCUT2D eigenvalue weighted by molar-refractivity contribution is 6.35. The van der Waals surface area contributed by atoms with E-state index >= 15 is 0 Å². The average Bonchev–Trinajstić information content (AvgIpc) is 2.54. The van der Waals surface area contributed by atoms with Gasteiger partial charge in [-0.3, -0.25) is 4.79 Å². The number of hydrogen-bond acceptors (Lipinski definition) is 3. The number of ketones is 1. The van der Waals surface area contributed by atoms with Gasteiger partial charge in [0.25, 0.3) is 0 Å². The van der Waals surface area contributed by atoms with Crippen LogP contribution in [0.5, 0.6) is 5.75 Å². The highest BCUT2D eigenvalue weighted by Crippen LogP contribution is 2.26. The molecule has 0 aromatic heterocycles. The summed E-state index contributed by atoms with van der Waals surface area (Å²) in [4.78, 5) is 11.7. The standard InChI is InChI=1S/C17H11Cl2F3O3/c18-13-2-1-3-14(19)12(13)9-25-11-6-4-10(5-7-11)15(23)8-16(24)17(20,21)22/h1-8,24H,9H2. The summed E-state index contributed by atoms with van der Waals surface area (Å²) in [6.45, 7) is 0.0839. The van der Waals surface area contributed by atoms with Gasteiger partial charge in [-0.25, -0.2) is 0 Å². The van der Waals surface area contributed by atoms with Gasteiger partial charge in [0, 0.05) is 27.2 Å². The number of benzene rings is 2. The van der Waals surface area contributed by atoms with E-state index in [0.29, 0.717) is 21.4 Å². The van der Waals surface area contributed by atoms with E-state index in [0.717, 1.165) is 0 Å². The number of halogens is 5. The normalized spacial score (nSPS) is 12.1. The number of aliphatic hydroxyl groups excluding tert-OH is 1. The molecule has 0 amide bonds. The van der Waals surface area contributed by atoms with E-state index in [1.165, 1.54) is 24.3 Å². The molecule has 0 unspecified atom stereocenters. The van der Waals surface area contributed by atoms with Gasteiger partial charge in [0.2, 0.25) is 5.76 Å².